The van der Waals surface area contributed by atoms with E-state index in [-0.39, 0.29) is 5.91 Å². The molecule has 0 unspecified atom stereocenters. The van der Waals surface area contributed by atoms with Crippen molar-refractivity contribution in [2.45, 2.75) is 13.3 Å². The summed E-state index contributed by atoms with van der Waals surface area (Å²) in [6.07, 6.45) is 2.38. The number of carbonyl (C=O) groups excluding carboxylic acids is 1. The van der Waals surface area contributed by atoms with E-state index in [1.807, 2.05) is 61.5 Å². The van der Waals surface area contributed by atoms with Gasteiger partial charge in [-0.2, -0.15) is 0 Å². The summed E-state index contributed by atoms with van der Waals surface area (Å²) >= 11 is 5.87. The van der Waals surface area contributed by atoms with Crippen molar-refractivity contribution in [2.75, 3.05) is 6.54 Å². The summed E-state index contributed by atoms with van der Waals surface area (Å²) in [7, 11) is 0. The molecule has 25 heavy (non-hydrogen) atoms. The van der Waals surface area contributed by atoms with Crippen LogP contribution in [0.5, 0.6) is 0 Å². The highest BCUT2D eigenvalue weighted by Gasteiger charge is 2.07. The number of nitrogens with zero attached hydrogens (tertiary/aromatic N) is 1. The van der Waals surface area contributed by atoms with Gasteiger partial charge in [-0.05, 0) is 49.2 Å². The molecule has 0 fully saturated rings. The van der Waals surface area contributed by atoms with Gasteiger partial charge in [0.15, 0.2) is 0 Å². The van der Waals surface area contributed by atoms with E-state index in [1.165, 1.54) is 5.56 Å². The highest BCUT2D eigenvalue weighted by molar-refractivity contribution is 6.30. The van der Waals surface area contributed by atoms with Crippen LogP contribution in [-0.2, 0) is 6.42 Å². The predicted molar refractivity (Wildman–Crippen MR) is 102 cm³/mol. The second-order valence-corrected chi connectivity index (χ2v) is 6.37. The van der Waals surface area contributed by atoms with Gasteiger partial charge in [-0.25, -0.2) is 0 Å². The largest absolute Gasteiger partial charge is 0.352 e. The highest BCUT2D eigenvalue weighted by atomic mass is 35.5. The van der Waals surface area contributed by atoms with Gasteiger partial charge in [0.25, 0.3) is 5.91 Å². The summed E-state index contributed by atoms with van der Waals surface area (Å²) in [6, 6.07) is 19.5. The van der Waals surface area contributed by atoms with Gasteiger partial charge >= 0.3 is 0 Å². The molecule has 0 spiro atoms. The molecule has 0 aliphatic heterocycles. The van der Waals surface area contributed by atoms with Crippen LogP contribution in [0.1, 0.15) is 21.5 Å². The molecule has 1 amide bonds. The molecule has 1 N–H and O–H groups in total. The number of pyridine rings is 1. The Balaban J connectivity index is 1.58. The fourth-order valence-corrected chi connectivity index (χ4v) is 2.70. The van der Waals surface area contributed by atoms with E-state index in [2.05, 4.69) is 16.4 Å². The summed E-state index contributed by atoms with van der Waals surface area (Å²) in [4.78, 5) is 16.6. The lowest BCUT2D eigenvalue weighted by Gasteiger charge is -2.07. The first-order valence-electron chi connectivity index (χ1n) is 8.17. The molecule has 0 saturated heterocycles. The molecule has 0 aliphatic carbocycles. The quantitative estimate of drug-likeness (QED) is 0.725. The maximum atomic E-state index is 12.2. The summed E-state index contributed by atoms with van der Waals surface area (Å²) in [6.45, 7) is 2.62. The van der Waals surface area contributed by atoms with E-state index in [0.717, 1.165) is 23.2 Å². The van der Waals surface area contributed by atoms with Crippen LogP contribution in [0.25, 0.3) is 11.3 Å². The van der Waals surface area contributed by atoms with Gasteiger partial charge in [0.05, 0.1) is 11.3 Å². The molecule has 0 bridgehead atoms. The smallest absolute Gasteiger partial charge is 0.252 e. The number of amides is 1. The average molecular weight is 351 g/mol. The van der Waals surface area contributed by atoms with Gasteiger partial charge in [0, 0.05) is 23.3 Å². The van der Waals surface area contributed by atoms with Crippen LogP contribution in [0.3, 0.4) is 0 Å². The first-order chi connectivity index (χ1) is 12.1. The molecule has 3 nitrogen and oxygen atoms in total. The fourth-order valence-electron chi connectivity index (χ4n) is 2.58. The minimum atomic E-state index is -0.114. The Hall–Kier alpha value is -2.65. The summed E-state index contributed by atoms with van der Waals surface area (Å²) in [5, 5.41) is 3.63. The Morgan fingerprint density at radius 3 is 2.56 bits per heavy atom. The maximum Gasteiger partial charge on any atom is 0.252 e. The number of aryl methyl sites for hydroxylation is 1. The second-order valence-electron chi connectivity index (χ2n) is 5.93. The molecule has 126 valence electrons. The van der Waals surface area contributed by atoms with Gasteiger partial charge in [-0.1, -0.05) is 47.5 Å². The normalized spacial score (nSPS) is 10.5. The zero-order chi connectivity index (χ0) is 17.6. The lowest BCUT2D eigenvalue weighted by Crippen LogP contribution is -2.25. The third kappa shape index (κ3) is 4.68. The number of benzene rings is 2. The molecule has 0 aliphatic rings. The van der Waals surface area contributed by atoms with Gasteiger partial charge in [0.1, 0.15) is 0 Å². The number of carbonyl (C=O) groups is 1. The van der Waals surface area contributed by atoms with E-state index >= 15 is 0 Å². The monoisotopic (exact) mass is 350 g/mol. The summed E-state index contributed by atoms with van der Waals surface area (Å²) < 4.78 is 0. The molecule has 1 aromatic heterocycles. The number of rotatable bonds is 5. The van der Waals surface area contributed by atoms with Crippen LogP contribution in [0.2, 0.25) is 5.02 Å². The van der Waals surface area contributed by atoms with Gasteiger partial charge in [-0.15, -0.1) is 0 Å². The van der Waals surface area contributed by atoms with Crippen LogP contribution in [0, 0.1) is 6.92 Å². The van der Waals surface area contributed by atoms with Crippen molar-refractivity contribution in [1.29, 1.82) is 0 Å². The van der Waals surface area contributed by atoms with E-state index in [9.17, 15) is 4.79 Å². The van der Waals surface area contributed by atoms with E-state index in [0.29, 0.717) is 17.1 Å². The third-order valence-electron chi connectivity index (χ3n) is 3.95. The lowest BCUT2D eigenvalue weighted by molar-refractivity contribution is 0.0954. The minimum Gasteiger partial charge on any atom is -0.352 e. The van der Waals surface area contributed by atoms with Crippen molar-refractivity contribution in [2.24, 2.45) is 0 Å². The Labute approximate surface area is 152 Å². The molecular weight excluding hydrogens is 332 g/mol. The Kier molecular flexibility index (Phi) is 5.46. The number of hydrogen-bond donors (Lipinski definition) is 1. The van der Waals surface area contributed by atoms with Crippen molar-refractivity contribution < 1.29 is 4.79 Å². The number of nitrogens with one attached hydrogen (secondary N) is 1. The van der Waals surface area contributed by atoms with Gasteiger partial charge < -0.3 is 5.32 Å². The molecule has 3 aromatic rings. The van der Waals surface area contributed by atoms with E-state index in [1.54, 1.807) is 6.20 Å². The first-order valence-corrected chi connectivity index (χ1v) is 8.55. The van der Waals surface area contributed by atoms with Crippen molar-refractivity contribution >= 4 is 17.5 Å². The molecule has 1 heterocycles. The number of aromatic nitrogens is 1. The van der Waals surface area contributed by atoms with Gasteiger partial charge in [0.2, 0.25) is 0 Å². The molecule has 0 saturated carbocycles. The van der Waals surface area contributed by atoms with Crippen LogP contribution < -0.4 is 5.32 Å². The zero-order valence-corrected chi connectivity index (χ0v) is 14.8. The summed E-state index contributed by atoms with van der Waals surface area (Å²) in [5.74, 6) is -0.114. The topological polar surface area (TPSA) is 42.0 Å². The second kappa shape index (κ2) is 7.95. The average Bonchev–Trinajstić information content (AvgIpc) is 2.63. The molecule has 4 heteroatoms. The maximum absolute atomic E-state index is 12.2. The van der Waals surface area contributed by atoms with Crippen LogP contribution in [-0.4, -0.2) is 17.4 Å². The van der Waals surface area contributed by atoms with Crippen molar-refractivity contribution in [3.05, 3.63) is 88.6 Å². The predicted octanol–water partition coefficient (Wildman–Crippen LogP) is 4.68. The van der Waals surface area contributed by atoms with Crippen LogP contribution >= 0.6 is 11.6 Å². The van der Waals surface area contributed by atoms with Crippen molar-refractivity contribution in [1.82, 2.24) is 10.3 Å². The van der Waals surface area contributed by atoms with Crippen molar-refractivity contribution in [3.8, 4) is 11.3 Å². The Morgan fingerprint density at radius 1 is 1.08 bits per heavy atom. The SMILES string of the molecule is Cc1cccc(-c2ccc(C(=O)NCCc3ccc(Cl)cc3)cn2)c1. The van der Waals surface area contributed by atoms with E-state index < -0.39 is 0 Å². The zero-order valence-electron chi connectivity index (χ0n) is 14.0. The molecular formula is C21H19ClN2O. The van der Waals surface area contributed by atoms with Gasteiger partial charge in [-0.3, -0.25) is 9.78 Å². The lowest BCUT2D eigenvalue weighted by atomic mass is 10.1. The molecule has 0 radical (unpaired) electrons. The van der Waals surface area contributed by atoms with Crippen LogP contribution in [0.15, 0.2) is 66.9 Å². The first kappa shape index (κ1) is 17.2. The fraction of sp³-hybridized carbons (Fsp3) is 0.143. The van der Waals surface area contributed by atoms with E-state index in [4.69, 9.17) is 11.6 Å². The molecule has 0 atom stereocenters. The Bertz CT molecular complexity index is 858. The minimum absolute atomic E-state index is 0.114. The summed E-state index contributed by atoms with van der Waals surface area (Å²) in [5.41, 5.74) is 4.80. The highest BCUT2D eigenvalue weighted by Crippen LogP contribution is 2.18. The molecule has 2 aromatic carbocycles. The molecule has 3 rings (SSSR count). The van der Waals surface area contributed by atoms with Crippen LogP contribution in [0.4, 0.5) is 0 Å². The van der Waals surface area contributed by atoms with Crippen molar-refractivity contribution in [3.63, 3.8) is 0 Å². The number of halogens is 1. The number of hydrogen-bond acceptors (Lipinski definition) is 2. The standard InChI is InChI=1S/C21H19ClN2O/c1-15-3-2-4-17(13-15)20-10-7-18(14-24-20)21(25)23-12-11-16-5-8-19(22)9-6-16/h2-10,13-14H,11-12H2,1H3,(H,23,25). The third-order valence-corrected chi connectivity index (χ3v) is 4.20. The Morgan fingerprint density at radius 2 is 1.88 bits per heavy atom.